The van der Waals surface area contributed by atoms with Gasteiger partial charge in [0.05, 0.1) is 17.7 Å². The molecule has 0 aliphatic heterocycles. The Morgan fingerprint density at radius 1 is 1.20 bits per heavy atom. The number of benzene rings is 1. The maximum atomic E-state index is 12.6. The van der Waals surface area contributed by atoms with Crippen molar-refractivity contribution in [3.63, 3.8) is 0 Å². The van der Waals surface area contributed by atoms with Gasteiger partial charge in [-0.2, -0.15) is 4.31 Å². The van der Waals surface area contributed by atoms with E-state index in [1.54, 1.807) is 30.5 Å². The van der Waals surface area contributed by atoms with E-state index in [2.05, 4.69) is 15.9 Å². The smallest absolute Gasteiger partial charge is 0.243 e. The predicted octanol–water partition coefficient (Wildman–Crippen LogP) is 3.39. The summed E-state index contributed by atoms with van der Waals surface area (Å²) in [6.07, 6.45) is 1.54. The van der Waals surface area contributed by atoms with Crippen LogP contribution in [0.5, 0.6) is 0 Å². The van der Waals surface area contributed by atoms with Crippen LogP contribution in [0.1, 0.15) is 18.2 Å². The zero-order valence-electron chi connectivity index (χ0n) is 11.1. The number of hydrogen-bond acceptors (Lipinski definition) is 3. The van der Waals surface area contributed by atoms with Gasteiger partial charge in [-0.3, -0.25) is 0 Å². The second kappa shape index (κ2) is 6.56. The van der Waals surface area contributed by atoms with Crippen LogP contribution < -0.4 is 0 Å². The average molecular weight is 358 g/mol. The molecule has 1 aromatic heterocycles. The Morgan fingerprint density at radius 2 is 1.90 bits per heavy atom. The highest BCUT2D eigenvalue weighted by Gasteiger charge is 2.23. The molecule has 0 aliphatic carbocycles. The Labute approximate surface area is 127 Å². The van der Waals surface area contributed by atoms with E-state index >= 15 is 0 Å². The number of sulfonamides is 1. The van der Waals surface area contributed by atoms with E-state index in [9.17, 15) is 8.42 Å². The van der Waals surface area contributed by atoms with Crippen LogP contribution in [-0.4, -0.2) is 19.3 Å². The molecule has 0 unspecified atom stereocenters. The van der Waals surface area contributed by atoms with E-state index in [4.69, 9.17) is 4.42 Å². The molecule has 1 aromatic carbocycles. The van der Waals surface area contributed by atoms with Gasteiger partial charge in [0, 0.05) is 11.9 Å². The summed E-state index contributed by atoms with van der Waals surface area (Å²) in [5.74, 6) is 0.632. The van der Waals surface area contributed by atoms with E-state index in [0.29, 0.717) is 22.5 Å². The first kappa shape index (κ1) is 15.3. The lowest BCUT2D eigenvalue weighted by Crippen LogP contribution is -2.30. The molecule has 0 bridgehead atoms. The third-order valence-corrected chi connectivity index (χ3v) is 5.56. The predicted molar refractivity (Wildman–Crippen MR) is 81.1 cm³/mol. The molecule has 20 heavy (non-hydrogen) atoms. The van der Waals surface area contributed by atoms with Crippen LogP contribution in [0.4, 0.5) is 0 Å². The summed E-state index contributed by atoms with van der Waals surface area (Å²) >= 11 is 3.34. The molecule has 108 valence electrons. The Kier molecular flexibility index (Phi) is 5.01. The van der Waals surface area contributed by atoms with E-state index in [0.717, 1.165) is 5.56 Å². The van der Waals surface area contributed by atoms with Gasteiger partial charge in [-0.1, -0.05) is 35.0 Å². The largest absolute Gasteiger partial charge is 0.468 e. The number of rotatable bonds is 6. The van der Waals surface area contributed by atoms with Crippen LogP contribution in [0.25, 0.3) is 0 Å². The van der Waals surface area contributed by atoms with Gasteiger partial charge in [0.2, 0.25) is 10.0 Å². The minimum Gasteiger partial charge on any atom is -0.468 e. The van der Waals surface area contributed by atoms with Crippen molar-refractivity contribution < 1.29 is 12.8 Å². The molecule has 6 heteroatoms. The average Bonchev–Trinajstić information content (AvgIpc) is 2.97. The Morgan fingerprint density at radius 3 is 2.40 bits per heavy atom. The van der Waals surface area contributed by atoms with Gasteiger partial charge in [-0.25, -0.2) is 8.42 Å². The summed E-state index contributed by atoms with van der Waals surface area (Å²) in [5.41, 5.74) is 1.04. The number of nitrogens with zero attached hydrogens (tertiary/aromatic N) is 1. The Balaban J connectivity index is 2.26. The molecule has 0 N–H and O–H groups in total. The minimum absolute atomic E-state index is 0.242. The molecule has 0 fully saturated rings. The van der Waals surface area contributed by atoms with Crippen LogP contribution in [0.15, 0.2) is 52.0 Å². The summed E-state index contributed by atoms with van der Waals surface area (Å²) < 4.78 is 31.7. The van der Waals surface area contributed by atoms with Crippen molar-refractivity contribution in [3.05, 3.63) is 54.0 Å². The molecular formula is C14H16BrNO3S. The standard InChI is InChI=1S/C14H16BrNO3S/c1-2-16(11-13-4-3-9-19-13)20(17,18)14-7-5-12(10-15)6-8-14/h3-9H,2,10-11H2,1H3. The van der Waals surface area contributed by atoms with Crippen molar-refractivity contribution >= 4 is 26.0 Å². The van der Waals surface area contributed by atoms with Crippen molar-refractivity contribution in [1.82, 2.24) is 4.31 Å². The first-order valence-corrected chi connectivity index (χ1v) is 8.81. The number of furan rings is 1. The normalized spacial score (nSPS) is 11.9. The molecule has 0 aliphatic rings. The van der Waals surface area contributed by atoms with Gasteiger partial charge >= 0.3 is 0 Å². The van der Waals surface area contributed by atoms with Crippen LogP contribution in [0.3, 0.4) is 0 Å². The zero-order valence-corrected chi connectivity index (χ0v) is 13.5. The van der Waals surface area contributed by atoms with E-state index in [1.807, 2.05) is 19.1 Å². The SMILES string of the molecule is CCN(Cc1ccco1)S(=O)(=O)c1ccc(CBr)cc1. The molecule has 0 spiro atoms. The molecule has 0 atom stereocenters. The zero-order chi connectivity index (χ0) is 14.6. The molecule has 0 radical (unpaired) electrons. The van der Waals surface area contributed by atoms with Crippen LogP contribution >= 0.6 is 15.9 Å². The van der Waals surface area contributed by atoms with Gasteiger partial charge in [0.1, 0.15) is 5.76 Å². The Hall–Kier alpha value is -1.11. The monoisotopic (exact) mass is 357 g/mol. The minimum atomic E-state index is -3.49. The van der Waals surface area contributed by atoms with E-state index in [-0.39, 0.29) is 6.54 Å². The summed E-state index contributed by atoms with van der Waals surface area (Å²) in [6, 6.07) is 10.4. The lowest BCUT2D eigenvalue weighted by Gasteiger charge is -2.19. The highest BCUT2D eigenvalue weighted by atomic mass is 79.9. The molecule has 0 amide bonds. The first-order valence-electron chi connectivity index (χ1n) is 6.25. The highest BCUT2D eigenvalue weighted by molar-refractivity contribution is 9.08. The topological polar surface area (TPSA) is 50.5 Å². The molecule has 0 saturated heterocycles. The second-order valence-corrected chi connectivity index (χ2v) is 6.79. The van der Waals surface area contributed by atoms with Gasteiger partial charge in [0.15, 0.2) is 0 Å². The maximum Gasteiger partial charge on any atom is 0.243 e. The van der Waals surface area contributed by atoms with Crippen molar-refractivity contribution in [2.45, 2.75) is 23.7 Å². The Bertz CT molecular complexity index is 636. The van der Waals surface area contributed by atoms with Crippen LogP contribution in [-0.2, 0) is 21.9 Å². The van der Waals surface area contributed by atoms with Crippen molar-refractivity contribution in [3.8, 4) is 0 Å². The van der Waals surface area contributed by atoms with Crippen LogP contribution in [0.2, 0.25) is 0 Å². The van der Waals surface area contributed by atoms with E-state index in [1.165, 1.54) is 4.31 Å². The fraction of sp³-hybridized carbons (Fsp3) is 0.286. The van der Waals surface area contributed by atoms with Gasteiger partial charge < -0.3 is 4.42 Å². The van der Waals surface area contributed by atoms with Gasteiger partial charge in [-0.15, -0.1) is 0 Å². The van der Waals surface area contributed by atoms with Crippen molar-refractivity contribution in [2.75, 3.05) is 6.54 Å². The molecule has 0 saturated carbocycles. The fourth-order valence-corrected chi connectivity index (χ4v) is 3.63. The fourth-order valence-electron chi connectivity index (χ4n) is 1.84. The molecule has 2 rings (SSSR count). The summed E-state index contributed by atoms with van der Waals surface area (Å²) in [4.78, 5) is 0.301. The lowest BCUT2D eigenvalue weighted by atomic mass is 10.2. The second-order valence-electron chi connectivity index (χ2n) is 4.29. The van der Waals surface area contributed by atoms with E-state index < -0.39 is 10.0 Å². The third-order valence-electron chi connectivity index (χ3n) is 2.98. The number of alkyl halides is 1. The lowest BCUT2D eigenvalue weighted by molar-refractivity contribution is 0.375. The maximum absolute atomic E-state index is 12.6. The number of halogens is 1. The van der Waals surface area contributed by atoms with Crippen molar-refractivity contribution in [1.29, 1.82) is 0 Å². The molecular weight excluding hydrogens is 342 g/mol. The highest BCUT2D eigenvalue weighted by Crippen LogP contribution is 2.19. The quantitative estimate of drug-likeness (QED) is 0.744. The molecule has 4 nitrogen and oxygen atoms in total. The molecule has 2 aromatic rings. The summed E-state index contributed by atoms with van der Waals surface area (Å²) in [7, 11) is -3.49. The molecule has 1 heterocycles. The first-order chi connectivity index (χ1) is 9.57. The third kappa shape index (κ3) is 3.31. The summed E-state index contributed by atoms with van der Waals surface area (Å²) in [6.45, 7) is 2.45. The van der Waals surface area contributed by atoms with Gasteiger partial charge in [-0.05, 0) is 29.8 Å². The van der Waals surface area contributed by atoms with Crippen molar-refractivity contribution in [2.24, 2.45) is 0 Å². The number of hydrogen-bond donors (Lipinski definition) is 0. The van der Waals surface area contributed by atoms with Gasteiger partial charge in [0.25, 0.3) is 0 Å². The summed E-state index contributed by atoms with van der Waals surface area (Å²) in [5, 5.41) is 0.706. The van der Waals surface area contributed by atoms with Crippen LogP contribution in [0, 0.1) is 0 Å².